The zero-order chi connectivity index (χ0) is 4.50. The Morgan fingerprint density at radius 1 is 1.60 bits per heavy atom. The van der Waals surface area contributed by atoms with Gasteiger partial charge in [-0.05, 0) is 6.92 Å². The number of hydrogen-bond donors (Lipinski definition) is 2. The van der Waals surface area contributed by atoms with Crippen molar-refractivity contribution in [2.75, 3.05) is 0 Å². The number of alkyl halides is 1. The maximum atomic E-state index is 11.4. The lowest BCUT2D eigenvalue weighted by molar-refractivity contribution is 0.449. The zero-order valence-corrected chi connectivity index (χ0v) is 4.56. The van der Waals surface area contributed by atoms with E-state index in [1.54, 1.807) is 0 Å². The first-order chi connectivity index (χ1) is 2.00. The molecule has 0 aliphatic carbocycles. The predicted octanol–water partition coefficient (Wildman–Crippen LogP) is 1.49. The van der Waals surface area contributed by atoms with Crippen molar-refractivity contribution in [3.63, 3.8) is 0 Å². The van der Waals surface area contributed by atoms with E-state index in [-0.39, 0.29) is 0 Å². The van der Waals surface area contributed by atoms with Gasteiger partial charge in [0.05, 0.1) is 0 Å². The van der Waals surface area contributed by atoms with Crippen molar-refractivity contribution in [2.24, 2.45) is 0 Å². The van der Waals surface area contributed by atoms with E-state index >= 15 is 0 Å². The molecule has 0 aromatic carbocycles. The fourth-order valence-electron chi connectivity index (χ4n) is 0. The summed E-state index contributed by atoms with van der Waals surface area (Å²) in [7, 11) is 0. The molecule has 0 nitrogen and oxygen atoms in total. The maximum absolute atomic E-state index is 11.4. The van der Waals surface area contributed by atoms with Gasteiger partial charge in [-0.1, -0.05) is 0 Å². The zero-order valence-electron chi connectivity index (χ0n) is 2.77. The Morgan fingerprint density at radius 3 is 1.60 bits per heavy atom. The molecule has 0 saturated carbocycles. The highest BCUT2D eigenvalue weighted by molar-refractivity contribution is 8.00. The smallest absolute Gasteiger partial charge is 0.193 e. The molecule has 0 aliphatic rings. The Kier molecular flexibility index (Phi) is 1.56. The average molecular weight is 112 g/mol. The van der Waals surface area contributed by atoms with E-state index in [0.717, 1.165) is 0 Å². The molecule has 32 valence electrons. The van der Waals surface area contributed by atoms with Gasteiger partial charge < -0.3 is 0 Å². The maximum Gasteiger partial charge on any atom is 0.193 e. The van der Waals surface area contributed by atoms with Crippen LogP contribution in [0.5, 0.6) is 0 Å². The molecule has 0 aliphatic heterocycles. The highest BCUT2D eigenvalue weighted by atomic mass is 32.2. The van der Waals surface area contributed by atoms with Crippen LogP contribution in [0.3, 0.4) is 0 Å². The van der Waals surface area contributed by atoms with Gasteiger partial charge in [0.2, 0.25) is 0 Å². The monoisotopic (exact) mass is 112 g/mol. The third-order valence-corrected chi connectivity index (χ3v) is 0. The van der Waals surface area contributed by atoms with Gasteiger partial charge in [0.15, 0.2) is 4.33 Å². The van der Waals surface area contributed by atoms with Crippen LogP contribution in [0.2, 0.25) is 0 Å². The molecule has 5 heavy (non-hydrogen) atoms. The van der Waals surface area contributed by atoms with Crippen LogP contribution in [-0.4, -0.2) is 4.33 Å². The second-order valence-electron chi connectivity index (χ2n) is 0.905. The lowest BCUT2D eigenvalue weighted by Gasteiger charge is -1.97. The Hall–Kier alpha value is 0.630. The first-order valence-corrected chi connectivity index (χ1v) is 2.03. The van der Waals surface area contributed by atoms with E-state index < -0.39 is 4.33 Å². The van der Waals surface area contributed by atoms with E-state index in [0.29, 0.717) is 0 Å². The Balaban J connectivity index is 3.02. The molecule has 0 N–H and O–H groups in total. The van der Waals surface area contributed by atoms with E-state index in [2.05, 4.69) is 25.3 Å². The van der Waals surface area contributed by atoms with Gasteiger partial charge in [-0.15, -0.1) is 25.3 Å². The lowest BCUT2D eigenvalue weighted by atomic mass is 10.9. The highest BCUT2D eigenvalue weighted by Gasteiger charge is 2.04. The molecule has 0 rings (SSSR count). The van der Waals surface area contributed by atoms with Gasteiger partial charge in [-0.2, -0.15) is 0 Å². The summed E-state index contributed by atoms with van der Waals surface area (Å²) in [5.41, 5.74) is 0. The summed E-state index contributed by atoms with van der Waals surface area (Å²) in [5.74, 6) is 0. The average Bonchev–Trinajstić information content (AvgIpc) is 0.722. The van der Waals surface area contributed by atoms with Crippen molar-refractivity contribution >= 4 is 25.3 Å². The van der Waals surface area contributed by atoms with Crippen LogP contribution in [0.15, 0.2) is 0 Å². The number of rotatable bonds is 0. The summed E-state index contributed by atoms with van der Waals surface area (Å²) in [6.45, 7) is 1.25. The molecule has 0 aromatic heterocycles. The fourth-order valence-corrected chi connectivity index (χ4v) is 0. The van der Waals surface area contributed by atoms with Crippen LogP contribution in [0.4, 0.5) is 4.39 Å². The van der Waals surface area contributed by atoms with Crippen molar-refractivity contribution in [3.05, 3.63) is 0 Å². The summed E-state index contributed by atoms with van der Waals surface area (Å²) < 4.78 is 9.80. The van der Waals surface area contributed by atoms with E-state index in [1.165, 1.54) is 6.92 Å². The standard InChI is InChI=1S/C2H5FS2/c1-2(3,4)5/h4-5H,1H3. The molecule has 0 atom stereocenters. The van der Waals surface area contributed by atoms with Crippen LogP contribution < -0.4 is 0 Å². The SMILES string of the molecule is CC(F)(S)S. The van der Waals surface area contributed by atoms with E-state index in [4.69, 9.17) is 0 Å². The minimum Gasteiger partial charge on any atom is -0.221 e. The van der Waals surface area contributed by atoms with Crippen molar-refractivity contribution in [1.29, 1.82) is 0 Å². The minimum absolute atomic E-state index is 1.25. The van der Waals surface area contributed by atoms with Crippen molar-refractivity contribution < 1.29 is 4.39 Å². The van der Waals surface area contributed by atoms with Gasteiger partial charge in [0.25, 0.3) is 0 Å². The normalized spacial score (nSPS) is 12.0. The highest BCUT2D eigenvalue weighted by Crippen LogP contribution is 2.17. The van der Waals surface area contributed by atoms with E-state index in [9.17, 15) is 4.39 Å². The molecule has 0 heterocycles. The van der Waals surface area contributed by atoms with Crippen LogP contribution in [0.25, 0.3) is 0 Å². The number of hydrogen-bond acceptors (Lipinski definition) is 2. The molecule has 0 unspecified atom stereocenters. The van der Waals surface area contributed by atoms with Crippen LogP contribution in [0, 0.1) is 0 Å². The molecular weight excluding hydrogens is 107 g/mol. The molecule has 0 radical (unpaired) electrons. The summed E-state index contributed by atoms with van der Waals surface area (Å²) in [5, 5.41) is 0. The molecule has 3 heteroatoms. The first-order valence-electron chi connectivity index (χ1n) is 1.14. The molecular formula is C2H5FS2. The summed E-state index contributed by atoms with van der Waals surface area (Å²) in [6.07, 6.45) is 0. The summed E-state index contributed by atoms with van der Waals surface area (Å²) in [6, 6.07) is 0. The largest absolute Gasteiger partial charge is 0.221 e. The van der Waals surface area contributed by atoms with Crippen LogP contribution in [0.1, 0.15) is 6.92 Å². The van der Waals surface area contributed by atoms with Crippen LogP contribution >= 0.6 is 25.3 Å². The lowest BCUT2D eigenvalue weighted by Crippen LogP contribution is -1.90. The van der Waals surface area contributed by atoms with E-state index in [1.807, 2.05) is 0 Å². The molecule has 0 spiro atoms. The van der Waals surface area contributed by atoms with Crippen molar-refractivity contribution in [2.45, 2.75) is 11.3 Å². The third kappa shape index (κ3) is 80.7. The third-order valence-electron chi connectivity index (χ3n) is 0. The topological polar surface area (TPSA) is 0 Å². The molecule has 0 aromatic rings. The quantitative estimate of drug-likeness (QED) is 0.344. The van der Waals surface area contributed by atoms with Gasteiger partial charge in [-0.25, -0.2) is 4.39 Å². The van der Waals surface area contributed by atoms with Crippen LogP contribution in [-0.2, 0) is 0 Å². The summed E-state index contributed by atoms with van der Waals surface area (Å²) >= 11 is 6.64. The number of halogens is 1. The predicted molar refractivity (Wildman–Crippen MR) is 27.5 cm³/mol. The molecule has 0 amide bonds. The second kappa shape index (κ2) is 1.39. The van der Waals surface area contributed by atoms with Gasteiger partial charge >= 0.3 is 0 Å². The number of thiol groups is 2. The molecule has 0 bridgehead atoms. The molecule has 0 fully saturated rings. The minimum atomic E-state index is -1.61. The Morgan fingerprint density at radius 2 is 1.60 bits per heavy atom. The van der Waals surface area contributed by atoms with Crippen molar-refractivity contribution in [1.82, 2.24) is 0 Å². The molecule has 0 saturated heterocycles. The Bertz CT molecular complexity index is 23.1. The summed E-state index contributed by atoms with van der Waals surface area (Å²) in [4.78, 5) is 0. The van der Waals surface area contributed by atoms with Gasteiger partial charge in [-0.3, -0.25) is 0 Å². The second-order valence-corrected chi connectivity index (χ2v) is 2.94. The van der Waals surface area contributed by atoms with Gasteiger partial charge in [0, 0.05) is 0 Å². The van der Waals surface area contributed by atoms with Crippen molar-refractivity contribution in [3.8, 4) is 0 Å². The fraction of sp³-hybridized carbons (Fsp3) is 1.00. The first kappa shape index (κ1) is 5.63. The van der Waals surface area contributed by atoms with Gasteiger partial charge in [0.1, 0.15) is 0 Å². The Labute approximate surface area is 41.6 Å².